The van der Waals surface area contributed by atoms with Crippen molar-refractivity contribution in [3.63, 3.8) is 0 Å². The summed E-state index contributed by atoms with van der Waals surface area (Å²) in [6, 6.07) is 26.0. The monoisotopic (exact) mass is 439 g/mol. The molecule has 158 valence electrons. The highest BCUT2D eigenvalue weighted by molar-refractivity contribution is 8.18. The summed E-state index contributed by atoms with van der Waals surface area (Å²) in [7, 11) is 1.63. The molecule has 1 aliphatic rings. The molecular formula is C26H21N3O2S. The van der Waals surface area contributed by atoms with Gasteiger partial charge in [0.05, 0.1) is 17.7 Å². The lowest BCUT2D eigenvalue weighted by molar-refractivity contribution is -0.115. The molecule has 1 saturated heterocycles. The van der Waals surface area contributed by atoms with Crippen LogP contribution in [0.3, 0.4) is 0 Å². The maximum Gasteiger partial charge on any atom is 0.264 e. The Hall–Kier alpha value is -3.77. The maximum absolute atomic E-state index is 12.6. The third kappa shape index (κ3) is 4.18. The van der Waals surface area contributed by atoms with E-state index in [9.17, 15) is 4.79 Å². The second-order valence-electron chi connectivity index (χ2n) is 7.39. The van der Waals surface area contributed by atoms with Gasteiger partial charge in [-0.05, 0) is 53.7 Å². The summed E-state index contributed by atoms with van der Waals surface area (Å²) in [5, 5.41) is 4.55. The molecule has 1 aromatic heterocycles. The second-order valence-corrected chi connectivity index (χ2v) is 8.43. The second kappa shape index (κ2) is 8.77. The molecule has 3 aromatic carbocycles. The number of benzene rings is 3. The first-order valence-electron chi connectivity index (χ1n) is 10.2. The molecule has 0 aliphatic carbocycles. The van der Waals surface area contributed by atoms with E-state index in [0.717, 1.165) is 34.4 Å². The SMILES string of the molecule is COc1ccc(N=C2NC(=O)C(=Cc3cn(Cc4ccccc4)c4ccccc34)S2)cc1. The van der Waals surface area contributed by atoms with Gasteiger partial charge in [0.2, 0.25) is 0 Å². The summed E-state index contributed by atoms with van der Waals surface area (Å²) in [4.78, 5) is 17.8. The van der Waals surface area contributed by atoms with Crippen LogP contribution >= 0.6 is 11.8 Å². The predicted molar refractivity (Wildman–Crippen MR) is 131 cm³/mol. The molecule has 0 spiro atoms. The number of rotatable bonds is 5. The number of nitrogens with one attached hydrogen (secondary N) is 1. The lowest BCUT2D eigenvalue weighted by Gasteiger charge is -2.05. The number of carbonyl (C=O) groups excluding carboxylic acids is 1. The molecule has 0 saturated carbocycles. The molecular weight excluding hydrogens is 418 g/mol. The third-order valence-corrected chi connectivity index (χ3v) is 6.17. The van der Waals surface area contributed by atoms with E-state index in [-0.39, 0.29) is 5.91 Å². The molecule has 0 bridgehead atoms. The van der Waals surface area contributed by atoms with Crippen LogP contribution < -0.4 is 10.1 Å². The van der Waals surface area contributed by atoms with E-state index in [1.807, 2.05) is 60.7 Å². The topological polar surface area (TPSA) is 55.6 Å². The van der Waals surface area contributed by atoms with Crippen molar-refractivity contribution >= 4 is 45.5 Å². The largest absolute Gasteiger partial charge is 0.497 e. The minimum Gasteiger partial charge on any atom is -0.497 e. The van der Waals surface area contributed by atoms with E-state index in [1.165, 1.54) is 17.3 Å². The van der Waals surface area contributed by atoms with Gasteiger partial charge < -0.3 is 14.6 Å². The minimum absolute atomic E-state index is 0.137. The molecule has 5 nitrogen and oxygen atoms in total. The Morgan fingerprint density at radius 3 is 2.53 bits per heavy atom. The number of para-hydroxylation sites is 1. The van der Waals surface area contributed by atoms with Crippen LogP contribution in [0.5, 0.6) is 5.75 Å². The van der Waals surface area contributed by atoms with Gasteiger partial charge in [-0.1, -0.05) is 48.5 Å². The summed E-state index contributed by atoms with van der Waals surface area (Å²) in [6.07, 6.45) is 4.05. The number of carbonyl (C=O) groups is 1. The van der Waals surface area contributed by atoms with E-state index in [4.69, 9.17) is 4.74 Å². The number of thioether (sulfide) groups is 1. The fourth-order valence-corrected chi connectivity index (χ4v) is 4.53. The van der Waals surface area contributed by atoms with Gasteiger partial charge in [-0.3, -0.25) is 4.79 Å². The molecule has 1 fully saturated rings. The van der Waals surface area contributed by atoms with Crippen LogP contribution in [-0.4, -0.2) is 22.8 Å². The molecule has 0 atom stereocenters. The van der Waals surface area contributed by atoms with Gasteiger partial charge in [0.15, 0.2) is 5.17 Å². The highest BCUT2D eigenvalue weighted by atomic mass is 32.2. The number of hydrogen-bond acceptors (Lipinski definition) is 4. The van der Waals surface area contributed by atoms with E-state index in [0.29, 0.717) is 10.1 Å². The number of fused-ring (bicyclic) bond motifs is 1. The van der Waals surface area contributed by atoms with E-state index in [2.05, 4.69) is 45.3 Å². The molecule has 32 heavy (non-hydrogen) atoms. The van der Waals surface area contributed by atoms with Crippen LogP contribution in [-0.2, 0) is 11.3 Å². The first-order valence-corrected chi connectivity index (χ1v) is 11.1. The number of aromatic nitrogens is 1. The van der Waals surface area contributed by atoms with Crippen molar-refractivity contribution in [1.82, 2.24) is 9.88 Å². The number of ether oxygens (including phenoxy) is 1. The van der Waals surface area contributed by atoms with E-state index >= 15 is 0 Å². The van der Waals surface area contributed by atoms with E-state index < -0.39 is 0 Å². The Bertz CT molecular complexity index is 1340. The van der Waals surface area contributed by atoms with Gasteiger partial charge in [0.1, 0.15) is 5.75 Å². The van der Waals surface area contributed by atoms with Crippen LogP contribution in [0.1, 0.15) is 11.1 Å². The first-order chi connectivity index (χ1) is 15.7. The Kier molecular flexibility index (Phi) is 5.52. The highest BCUT2D eigenvalue weighted by Crippen LogP contribution is 2.31. The number of amidine groups is 1. The summed E-state index contributed by atoms with van der Waals surface area (Å²) in [6.45, 7) is 0.772. The predicted octanol–water partition coefficient (Wildman–Crippen LogP) is 5.59. The van der Waals surface area contributed by atoms with Crippen LogP contribution in [0.15, 0.2) is 95.0 Å². The van der Waals surface area contributed by atoms with Gasteiger partial charge in [-0.15, -0.1) is 0 Å². The van der Waals surface area contributed by atoms with Crippen LogP contribution in [0, 0.1) is 0 Å². The first kappa shape index (κ1) is 20.2. The lowest BCUT2D eigenvalue weighted by Crippen LogP contribution is -2.19. The van der Waals surface area contributed by atoms with E-state index in [1.54, 1.807) is 7.11 Å². The number of nitrogens with zero attached hydrogens (tertiary/aromatic N) is 2. The molecule has 1 amide bonds. The molecule has 2 heterocycles. The molecule has 4 aromatic rings. The summed E-state index contributed by atoms with van der Waals surface area (Å²) < 4.78 is 7.40. The number of hydrogen-bond donors (Lipinski definition) is 1. The average Bonchev–Trinajstić information content (AvgIpc) is 3.35. The molecule has 0 radical (unpaired) electrons. The van der Waals surface area contributed by atoms with Crippen molar-refractivity contribution in [2.24, 2.45) is 4.99 Å². The average molecular weight is 440 g/mol. The Labute approximate surface area is 190 Å². The van der Waals surface area contributed by atoms with Crippen LogP contribution in [0.2, 0.25) is 0 Å². The van der Waals surface area contributed by atoms with Gasteiger partial charge >= 0.3 is 0 Å². The summed E-state index contributed by atoms with van der Waals surface area (Å²) >= 11 is 1.35. The standard InChI is InChI=1S/C26H21N3O2S/c1-31-21-13-11-20(12-14-21)27-26-28-25(30)24(32-26)15-19-17-29(16-18-7-3-2-4-8-18)23-10-6-5-9-22(19)23/h2-15,17H,16H2,1H3,(H,27,28,30). The lowest BCUT2D eigenvalue weighted by atomic mass is 10.1. The maximum atomic E-state index is 12.6. The number of amides is 1. The zero-order valence-electron chi connectivity index (χ0n) is 17.5. The Morgan fingerprint density at radius 2 is 1.75 bits per heavy atom. The summed E-state index contributed by atoms with van der Waals surface area (Å²) in [5.74, 6) is 0.631. The van der Waals surface area contributed by atoms with Gasteiger partial charge in [0.25, 0.3) is 5.91 Å². The smallest absolute Gasteiger partial charge is 0.264 e. The van der Waals surface area contributed by atoms with Crippen molar-refractivity contribution in [3.05, 3.63) is 101 Å². The van der Waals surface area contributed by atoms with Crippen molar-refractivity contribution < 1.29 is 9.53 Å². The highest BCUT2D eigenvalue weighted by Gasteiger charge is 2.24. The fourth-order valence-electron chi connectivity index (χ4n) is 3.70. The zero-order valence-corrected chi connectivity index (χ0v) is 18.3. The normalized spacial score (nSPS) is 16.1. The third-order valence-electron chi connectivity index (χ3n) is 5.26. The summed E-state index contributed by atoms with van der Waals surface area (Å²) in [5.41, 5.74) is 4.14. The van der Waals surface area contributed by atoms with Crippen molar-refractivity contribution in [1.29, 1.82) is 0 Å². The number of methoxy groups -OCH3 is 1. The van der Waals surface area contributed by atoms with Crippen molar-refractivity contribution in [2.75, 3.05) is 7.11 Å². The zero-order chi connectivity index (χ0) is 21.9. The quantitative estimate of drug-likeness (QED) is 0.413. The van der Waals surface area contributed by atoms with Crippen molar-refractivity contribution in [3.8, 4) is 5.75 Å². The van der Waals surface area contributed by atoms with Gasteiger partial charge in [-0.2, -0.15) is 0 Å². The fraction of sp³-hybridized carbons (Fsp3) is 0.0769. The molecule has 5 rings (SSSR count). The van der Waals surface area contributed by atoms with Crippen LogP contribution in [0.4, 0.5) is 5.69 Å². The van der Waals surface area contributed by atoms with Crippen molar-refractivity contribution in [2.45, 2.75) is 6.54 Å². The Morgan fingerprint density at radius 1 is 1.00 bits per heavy atom. The van der Waals surface area contributed by atoms with Crippen LogP contribution in [0.25, 0.3) is 17.0 Å². The number of aliphatic imine (C=N–C) groups is 1. The van der Waals surface area contributed by atoms with Gasteiger partial charge in [-0.25, -0.2) is 4.99 Å². The van der Waals surface area contributed by atoms with Gasteiger partial charge in [0, 0.05) is 29.2 Å². The minimum atomic E-state index is -0.137. The molecule has 6 heteroatoms. The molecule has 0 unspecified atom stereocenters. The molecule has 1 N–H and O–H groups in total. The molecule has 1 aliphatic heterocycles. The Balaban J connectivity index is 1.44.